The standard InChI is InChI=1S/C7H15NO4/c1-5(10)8-6(4-12-2)7(11)3-9/h6-7,9,11H,3-4H2,1-2H3,(H,8,10). The molecular formula is C7H15NO4. The lowest BCUT2D eigenvalue weighted by Crippen LogP contribution is -2.46. The minimum Gasteiger partial charge on any atom is -0.394 e. The van der Waals surface area contributed by atoms with Crippen LogP contribution in [-0.4, -0.2) is 48.6 Å². The van der Waals surface area contributed by atoms with Crippen molar-refractivity contribution in [2.75, 3.05) is 20.3 Å². The highest BCUT2D eigenvalue weighted by Gasteiger charge is 2.18. The van der Waals surface area contributed by atoms with E-state index in [2.05, 4.69) is 5.32 Å². The smallest absolute Gasteiger partial charge is 0.217 e. The Balaban J connectivity index is 3.93. The molecule has 3 N–H and O–H groups in total. The summed E-state index contributed by atoms with van der Waals surface area (Å²) in [4.78, 5) is 10.6. The van der Waals surface area contributed by atoms with E-state index in [4.69, 9.17) is 14.9 Å². The minimum absolute atomic E-state index is 0.182. The summed E-state index contributed by atoms with van der Waals surface area (Å²) in [5.41, 5.74) is 0. The van der Waals surface area contributed by atoms with Gasteiger partial charge in [-0.3, -0.25) is 4.79 Å². The van der Waals surface area contributed by atoms with E-state index >= 15 is 0 Å². The van der Waals surface area contributed by atoms with Crippen LogP contribution in [0.15, 0.2) is 0 Å². The van der Waals surface area contributed by atoms with E-state index in [1.54, 1.807) is 0 Å². The molecule has 0 saturated carbocycles. The zero-order chi connectivity index (χ0) is 9.56. The molecule has 0 aliphatic rings. The monoisotopic (exact) mass is 177 g/mol. The first-order valence-corrected chi connectivity index (χ1v) is 3.66. The van der Waals surface area contributed by atoms with Gasteiger partial charge in [-0.15, -0.1) is 0 Å². The highest BCUT2D eigenvalue weighted by molar-refractivity contribution is 5.73. The van der Waals surface area contributed by atoms with Gasteiger partial charge < -0.3 is 20.3 Å². The van der Waals surface area contributed by atoms with E-state index in [1.165, 1.54) is 14.0 Å². The van der Waals surface area contributed by atoms with Crippen molar-refractivity contribution in [1.82, 2.24) is 5.32 Å². The van der Waals surface area contributed by atoms with Crippen molar-refractivity contribution in [1.29, 1.82) is 0 Å². The van der Waals surface area contributed by atoms with E-state index in [-0.39, 0.29) is 12.5 Å². The van der Waals surface area contributed by atoms with Gasteiger partial charge in [-0.25, -0.2) is 0 Å². The third kappa shape index (κ3) is 4.27. The van der Waals surface area contributed by atoms with Crippen LogP contribution < -0.4 is 5.32 Å². The number of ether oxygens (including phenoxy) is 1. The second-order valence-electron chi connectivity index (χ2n) is 2.51. The Morgan fingerprint density at radius 2 is 2.25 bits per heavy atom. The number of carbonyl (C=O) groups excluding carboxylic acids is 1. The van der Waals surface area contributed by atoms with Gasteiger partial charge in [0, 0.05) is 14.0 Å². The summed E-state index contributed by atoms with van der Waals surface area (Å²) in [6, 6.07) is -0.544. The quantitative estimate of drug-likeness (QED) is 0.477. The van der Waals surface area contributed by atoms with E-state index in [0.717, 1.165) is 0 Å². The molecule has 1 amide bonds. The van der Waals surface area contributed by atoms with Crippen LogP contribution in [0.25, 0.3) is 0 Å². The Morgan fingerprint density at radius 3 is 2.58 bits per heavy atom. The molecule has 0 aromatic heterocycles. The first-order chi connectivity index (χ1) is 5.61. The average molecular weight is 177 g/mol. The first-order valence-electron chi connectivity index (χ1n) is 3.66. The van der Waals surface area contributed by atoms with Crippen LogP contribution in [-0.2, 0) is 9.53 Å². The number of carbonyl (C=O) groups is 1. The summed E-state index contributed by atoms with van der Waals surface area (Å²) in [6.07, 6.45) is -0.978. The molecule has 0 saturated heterocycles. The van der Waals surface area contributed by atoms with Crippen molar-refractivity contribution in [3.05, 3.63) is 0 Å². The van der Waals surface area contributed by atoms with Gasteiger partial charge in [0.1, 0.15) is 0 Å². The van der Waals surface area contributed by atoms with Crippen LogP contribution in [0.4, 0.5) is 0 Å². The number of amides is 1. The Morgan fingerprint density at radius 1 is 1.67 bits per heavy atom. The van der Waals surface area contributed by atoms with Gasteiger partial charge in [0.25, 0.3) is 0 Å². The third-order valence-electron chi connectivity index (χ3n) is 1.39. The van der Waals surface area contributed by atoms with E-state index in [0.29, 0.717) is 0 Å². The molecular weight excluding hydrogens is 162 g/mol. The lowest BCUT2D eigenvalue weighted by atomic mass is 10.2. The average Bonchev–Trinajstić information content (AvgIpc) is 2.01. The predicted molar refractivity (Wildman–Crippen MR) is 42.6 cm³/mol. The summed E-state index contributed by atoms with van der Waals surface area (Å²) in [5.74, 6) is -0.260. The maximum Gasteiger partial charge on any atom is 0.217 e. The molecule has 0 spiro atoms. The van der Waals surface area contributed by atoms with Gasteiger partial charge >= 0.3 is 0 Å². The van der Waals surface area contributed by atoms with Crippen LogP contribution in [0.1, 0.15) is 6.92 Å². The van der Waals surface area contributed by atoms with E-state index in [1.807, 2.05) is 0 Å². The van der Waals surface area contributed by atoms with Gasteiger partial charge in [0.05, 0.1) is 25.4 Å². The number of rotatable bonds is 5. The molecule has 0 aromatic rings. The SMILES string of the molecule is COCC(NC(C)=O)C(O)CO. The Bertz CT molecular complexity index is 139. The first kappa shape index (κ1) is 11.4. The van der Waals surface area contributed by atoms with Gasteiger partial charge in [0.2, 0.25) is 5.91 Å². The fourth-order valence-corrected chi connectivity index (χ4v) is 0.817. The predicted octanol–water partition coefficient (Wildman–Crippen LogP) is -1.51. The normalized spacial score (nSPS) is 15.3. The zero-order valence-corrected chi connectivity index (χ0v) is 7.28. The Kier molecular flexibility index (Phi) is 5.61. The van der Waals surface area contributed by atoms with Crippen LogP contribution in [0.5, 0.6) is 0 Å². The minimum atomic E-state index is -0.978. The van der Waals surface area contributed by atoms with Crippen molar-refractivity contribution in [2.45, 2.75) is 19.1 Å². The molecule has 2 unspecified atom stereocenters. The molecule has 0 bridgehead atoms. The van der Waals surface area contributed by atoms with Gasteiger partial charge in [-0.05, 0) is 0 Å². The Labute approximate surface area is 71.3 Å². The molecule has 2 atom stereocenters. The number of nitrogens with one attached hydrogen (secondary N) is 1. The fraction of sp³-hybridized carbons (Fsp3) is 0.857. The lowest BCUT2D eigenvalue weighted by Gasteiger charge is -2.20. The third-order valence-corrected chi connectivity index (χ3v) is 1.39. The van der Waals surface area contributed by atoms with Crippen molar-refractivity contribution in [3.8, 4) is 0 Å². The van der Waals surface area contributed by atoms with E-state index in [9.17, 15) is 4.79 Å². The molecule has 12 heavy (non-hydrogen) atoms. The molecule has 0 heterocycles. The molecule has 5 nitrogen and oxygen atoms in total. The summed E-state index contributed by atoms with van der Waals surface area (Å²) in [5, 5.41) is 20.2. The van der Waals surface area contributed by atoms with E-state index < -0.39 is 18.8 Å². The largest absolute Gasteiger partial charge is 0.394 e. The molecule has 0 aliphatic carbocycles. The molecule has 0 aliphatic heterocycles. The van der Waals surface area contributed by atoms with Crippen LogP contribution >= 0.6 is 0 Å². The van der Waals surface area contributed by atoms with Gasteiger partial charge in [-0.1, -0.05) is 0 Å². The zero-order valence-electron chi connectivity index (χ0n) is 7.28. The summed E-state index contributed by atoms with van der Waals surface area (Å²) in [6.45, 7) is 1.13. The second kappa shape index (κ2) is 5.93. The van der Waals surface area contributed by atoms with Crippen LogP contribution in [0.3, 0.4) is 0 Å². The molecule has 0 rings (SSSR count). The topological polar surface area (TPSA) is 78.8 Å². The number of methoxy groups -OCH3 is 1. The van der Waals surface area contributed by atoms with Crippen molar-refractivity contribution < 1.29 is 19.7 Å². The molecule has 0 radical (unpaired) electrons. The Hall–Kier alpha value is -0.650. The van der Waals surface area contributed by atoms with Crippen molar-refractivity contribution in [3.63, 3.8) is 0 Å². The lowest BCUT2D eigenvalue weighted by molar-refractivity contribution is -0.121. The highest BCUT2D eigenvalue weighted by Crippen LogP contribution is 1.93. The number of hydrogen-bond donors (Lipinski definition) is 3. The second-order valence-corrected chi connectivity index (χ2v) is 2.51. The number of hydrogen-bond acceptors (Lipinski definition) is 4. The number of aliphatic hydroxyl groups is 2. The number of aliphatic hydroxyl groups excluding tert-OH is 2. The molecule has 72 valence electrons. The van der Waals surface area contributed by atoms with Gasteiger partial charge in [0.15, 0.2) is 0 Å². The molecule has 5 heteroatoms. The van der Waals surface area contributed by atoms with Gasteiger partial charge in [-0.2, -0.15) is 0 Å². The van der Waals surface area contributed by atoms with Crippen LogP contribution in [0.2, 0.25) is 0 Å². The van der Waals surface area contributed by atoms with Crippen molar-refractivity contribution >= 4 is 5.91 Å². The summed E-state index contributed by atoms with van der Waals surface area (Å²) < 4.78 is 4.74. The highest BCUT2D eigenvalue weighted by atomic mass is 16.5. The summed E-state index contributed by atoms with van der Waals surface area (Å²) in [7, 11) is 1.46. The molecule has 0 fully saturated rings. The van der Waals surface area contributed by atoms with Crippen LogP contribution in [0, 0.1) is 0 Å². The molecule has 0 aromatic carbocycles. The fourth-order valence-electron chi connectivity index (χ4n) is 0.817. The van der Waals surface area contributed by atoms with Crippen molar-refractivity contribution in [2.24, 2.45) is 0 Å². The maximum atomic E-state index is 10.6. The summed E-state index contributed by atoms with van der Waals surface area (Å²) >= 11 is 0. The maximum absolute atomic E-state index is 10.6.